The van der Waals surface area contributed by atoms with Gasteiger partial charge >= 0.3 is 0 Å². The summed E-state index contributed by atoms with van der Waals surface area (Å²) in [5, 5.41) is 0. The third-order valence-electron chi connectivity index (χ3n) is 2.76. The fourth-order valence-corrected chi connectivity index (χ4v) is 1.91. The van der Waals surface area contributed by atoms with Gasteiger partial charge in [-0.25, -0.2) is 0 Å². The molecule has 0 saturated carbocycles. The Labute approximate surface area is 102 Å². The maximum absolute atomic E-state index is 12.2. The zero-order valence-electron chi connectivity index (χ0n) is 10.0. The molecule has 2 aromatic rings. The number of carbonyl (C=O) groups is 1. The predicted octanol–water partition coefficient (Wildman–Crippen LogP) is 3.87. The summed E-state index contributed by atoms with van der Waals surface area (Å²) >= 11 is 0. The molecule has 0 fully saturated rings. The highest BCUT2D eigenvalue weighted by molar-refractivity contribution is 6.09. The zero-order valence-corrected chi connectivity index (χ0v) is 10.0. The van der Waals surface area contributed by atoms with E-state index in [0.29, 0.717) is 0 Å². The molecule has 0 spiro atoms. The molecule has 0 N–H and O–H groups in total. The van der Waals surface area contributed by atoms with Gasteiger partial charge < -0.3 is 0 Å². The molecule has 0 amide bonds. The quantitative estimate of drug-likeness (QED) is 0.720. The van der Waals surface area contributed by atoms with E-state index in [9.17, 15) is 4.79 Å². The molecular weight excluding hydrogens is 208 g/mol. The molecule has 0 atom stereocenters. The van der Waals surface area contributed by atoms with E-state index < -0.39 is 0 Å². The molecule has 0 unspecified atom stereocenters. The number of hydrogen-bond acceptors (Lipinski definition) is 1. The molecule has 86 valence electrons. The van der Waals surface area contributed by atoms with Crippen molar-refractivity contribution in [2.45, 2.75) is 19.8 Å². The van der Waals surface area contributed by atoms with Gasteiger partial charge in [0.15, 0.2) is 5.78 Å². The van der Waals surface area contributed by atoms with Crippen LogP contribution >= 0.6 is 0 Å². The Morgan fingerprint density at radius 3 is 2.35 bits per heavy atom. The van der Waals surface area contributed by atoms with E-state index >= 15 is 0 Å². The molecule has 2 rings (SSSR count). The van der Waals surface area contributed by atoms with Gasteiger partial charge in [0.25, 0.3) is 0 Å². The van der Waals surface area contributed by atoms with Crippen molar-refractivity contribution < 1.29 is 4.79 Å². The number of hydrogen-bond donors (Lipinski definition) is 0. The van der Waals surface area contributed by atoms with Crippen LogP contribution in [-0.4, -0.2) is 5.78 Å². The summed E-state index contributed by atoms with van der Waals surface area (Å²) in [7, 11) is 0. The Bertz CT molecular complexity index is 500. The molecule has 0 aliphatic heterocycles. The summed E-state index contributed by atoms with van der Waals surface area (Å²) in [5.41, 5.74) is 2.76. The second-order valence-electron chi connectivity index (χ2n) is 4.15. The summed E-state index contributed by atoms with van der Waals surface area (Å²) in [6.45, 7) is 2.14. The van der Waals surface area contributed by atoms with Gasteiger partial charge in [-0.3, -0.25) is 4.79 Å². The second kappa shape index (κ2) is 5.44. The number of benzene rings is 2. The summed E-state index contributed by atoms with van der Waals surface area (Å²) in [5.74, 6) is 0.101. The first-order valence-electron chi connectivity index (χ1n) is 6.00. The van der Waals surface area contributed by atoms with Crippen LogP contribution in [0.15, 0.2) is 54.6 Å². The lowest BCUT2D eigenvalue weighted by atomic mass is 10.00. The third kappa shape index (κ3) is 2.82. The van der Waals surface area contributed by atoms with Crippen LogP contribution < -0.4 is 0 Å². The van der Waals surface area contributed by atoms with Crippen molar-refractivity contribution in [3.8, 4) is 0 Å². The Kier molecular flexibility index (Phi) is 3.71. The maximum atomic E-state index is 12.2. The van der Waals surface area contributed by atoms with E-state index in [4.69, 9.17) is 0 Å². The summed E-state index contributed by atoms with van der Waals surface area (Å²) in [6.07, 6.45) is 2.12. The van der Waals surface area contributed by atoms with Gasteiger partial charge in [-0.2, -0.15) is 0 Å². The van der Waals surface area contributed by atoms with E-state index in [-0.39, 0.29) is 5.78 Å². The highest BCUT2D eigenvalue weighted by atomic mass is 16.1. The standard InChI is InChI=1S/C16H16O/c1-2-7-13-8-6-11-15(12-13)16(17)14-9-4-3-5-10-14/h3-6,8-12H,2,7H2,1H3. The zero-order chi connectivity index (χ0) is 12.1. The highest BCUT2D eigenvalue weighted by Gasteiger charge is 2.08. The second-order valence-corrected chi connectivity index (χ2v) is 4.15. The van der Waals surface area contributed by atoms with E-state index in [1.807, 2.05) is 48.5 Å². The number of rotatable bonds is 4. The lowest BCUT2D eigenvalue weighted by Gasteiger charge is -2.04. The van der Waals surface area contributed by atoms with Crippen molar-refractivity contribution in [2.24, 2.45) is 0 Å². The Hall–Kier alpha value is -1.89. The van der Waals surface area contributed by atoms with Gasteiger partial charge in [0.2, 0.25) is 0 Å². The molecule has 0 aromatic heterocycles. The van der Waals surface area contributed by atoms with Crippen LogP contribution in [0.4, 0.5) is 0 Å². The minimum atomic E-state index is 0.101. The van der Waals surface area contributed by atoms with Crippen LogP contribution in [0, 0.1) is 0 Å². The predicted molar refractivity (Wildman–Crippen MR) is 70.3 cm³/mol. The van der Waals surface area contributed by atoms with Gasteiger partial charge in [0.05, 0.1) is 0 Å². The number of aryl methyl sites for hydroxylation is 1. The third-order valence-corrected chi connectivity index (χ3v) is 2.76. The van der Waals surface area contributed by atoms with Crippen molar-refractivity contribution in [3.05, 3.63) is 71.3 Å². The number of carbonyl (C=O) groups excluding carboxylic acids is 1. The fourth-order valence-electron chi connectivity index (χ4n) is 1.91. The normalized spacial score (nSPS) is 10.2. The van der Waals surface area contributed by atoms with Gasteiger partial charge in [-0.1, -0.05) is 61.9 Å². The largest absolute Gasteiger partial charge is 0.289 e. The van der Waals surface area contributed by atoms with E-state index in [1.54, 1.807) is 0 Å². The molecule has 0 aliphatic rings. The molecular formula is C16H16O. The first-order chi connectivity index (χ1) is 8.31. The van der Waals surface area contributed by atoms with E-state index in [0.717, 1.165) is 24.0 Å². The van der Waals surface area contributed by atoms with Crippen LogP contribution in [0.25, 0.3) is 0 Å². The molecule has 0 bridgehead atoms. The molecule has 17 heavy (non-hydrogen) atoms. The summed E-state index contributed by atoms with van der Waals surface area (Å²) in [6, 6.07) is 17.3. The van der Waals surface area contributed by atoms with Crippen molar-refractivity contribution in [1.82, 2.24) is 0 Å². The van der Waals surface area contributed by atoms with Crippen molar-refractivity contribution in [1.29, 1.82) is 0 Å². The Balaban J connectivity index is 2.28. The monoisotopic (exact) mass is 224 g/mol. The molecule has 2 aromatic carbocycles. The van der Waals surface area contributed by atoms with Crippen molar-refractivity contribution in [2.75, 3.05) is 0 Å². The topological polar surface area (TPSA) is 17.1 Å². The SMILES string of the molecule is CCCc1cccc(C(=O)c2ccccc2)c1. The van der Waals surface area contributed by atoms with Crippen molar-refractivity contribution >= 4 is 5.78 Å². The van der Waals surface area contributed by atoms with Gasteiger partial charge in [-0.05, 0) is 18.1 Å². The molecule has 1 heteroatoms. The van der Waals surface area contributed by atoms with Gasteiger partial charge in [0, 0.05) is 11.1 Å². The van der Waals surface area contributed by atoms with Crippen LogP contribution in [0.2, 0.25) is 0 Å². The van der Waals surface area contributed by atoms with Crippen LogP contribution in [0.5, 0.6) is 0 Å². The Morgan fingerprint density at radius 2 is 1.65 bits per heavy atom. The number of ketones is 1. The van der Waals surface area contributed by atoms with Crippen LogP contribution in [0.1, 0.15) is 34.8 Å². The molecule has 0 saturated heterocycles. The van der Waals surface area contributed by atoms with E-state index in [1.165, 1.54) is 5.56 Å². The lowest BCUT2D eigenvalue weighted by Crippen LogP contribution is -2.01. The maximum Gasteiger partial charge on any atom is 0.193 e. The smallest absolute Gasteiger partial charge is 0.193 e. The van der Waals surface area contributed by atoms with Crippen LogP contribution in [0.3, 0.4) is 0 Å². The summed E-state index contributed by atoms with van der Waals surface area (Å²) in [4.78, 5) is 12.2. The van der Waals surface area contributed by atoms with E-state index in [2.05, 4.69) is 13.0 Å². The van der Waals surface area contributed by atoms with Crippen molar-refractivity contribution in [3.63, 3.8) is 0 Å². The molecule has 0 radical (unpaired) electrons. The average molecular weight is 224 g/mol. The first-order valence-corrected chi connectivity index (χ1v) is 6.00. The summed E-state index contributed by atoms with van der Waals surface area (Å²) < 4.78 is 0. The highest BCUT2D eigenvalue weighted by Crippen LogP contribution is 2.12. The first kappa shape index (κ1) is 11.6. The fraction of sp³-hybridized carbons (Fsp3) is 0.188. The van der Waals surface area contributed by atoms with Gasteiger partial charge in [-0.15, -0.1) is 0 Å². The lowest BCUT2D eigenvalue weighted by molar-refractivity contribution is 0.103. The molecule has 0 aliphatic carbocycles. The average Bonchev–Trinajstić information content (AvgIpc) is 2.40. The molecule has 1 nitrogen and oxygen atoms in total. The van der Waals surface area contributed by atoms with Gasteiger partial charge in [0.1, 0.15) is 0 Å². The minimum Gasteiger partial charge on any atom is -0.289 e. The molecule has 0 heterocycles. The Morgan fingerprint density at radius 1 is 0.941 bits per heavy atom. The minimum absolute atomic E-state index is 0.101. The van der Waals surface area contributed by atoms with Crippen LogP contribution in [-0.2, 0) is 6.42 Å².